The highest BCUT2D eigenvalue weighted by atomic mass is 32.2. The lowest BCUT2D eigenvalue weighted by atomic mass is 10.0. The van der Waals surface area contributed by atoms with E-state index in [2.05, 4.69) is 13.8 Å². The topological polar surface area (TPSA) is 47.9 Å². The van der Waals surface area contributed by atoms with Gasteiger partial charge in [0.1, 0.15) is 23.7 Å². The summed E-state index contributed by atoms with van der Waals surface area (Å²) < 4.78 is 17.5. The fourth-order valence-corrected chi connectivity index (χ4v) is 3.45. The summed E-state index contributed by atoms with van der Waals surface area (Å²) in [6.07, 6.45) is -1.32. The van der Waals surface area contributed by atoms with Crippen molar-refractivity contribution in [2.24, 2.45) is 0 Å². The molecule has 2 rings (SSSR count). The molecule has 0 aromatic rings. The van der Waals surface area contributed by atoms with E-state index >= 15 is 0 Å². The van der Waals surface area contributed by atoms with Gasteiger partial charge in [-0.15, -0.1) is 11.8 Å². The Morgan fingerprint density at radius 1 is 1.18 bits per heavy atom. The van der Waals surface area contributed by atoms with Crippen LogP contribution in [0, 0.1) is 0 Å². The monoisotopic (exact) mass is 262 g/mol. The van der Waals surface area contributed by atoms with E-state index in [1.165, 1.54) is 0 Å². The van der Waals surface area contributed by atoms with Crippen LogP contribution in [-0.4, -0.2) is 46.0 Å². The van der Waals surface area contributed by atoms with Crippen LogP contribution in [0.1, 0.15) is 34.6 Å². The molecule has 0 aliphatic carbocycles. The highest BCUT2D eigenvalue weighted by Crippen LogP contribution is 2.41. The Kier molecular flexibility index (Phi) is 3.77. The minimum absolute atomic E-state index is 0.0693. The number of fused-ring (bicyclic) bond motifs is 1. The van der Waals surface area contributed by atoms with Crippen LogP contribution in [-0.2, 0) is 14.2 Å². The molecule has 0 amide bonds. The number of hydrogen-bond donors (Lipinski definition) is 1. The van der Waals surface area contributed by atoms with Gasteiger partial charge in [0.2, 0.25) is 0 Å². The fourth-order valence-electron chi connectivity index (χ4n) is 2.31. The van der Waals surface area contributed by atoms with Gasteiger partial charge in [-0.05, 0) is 20.8 Å². The minimum Gasteiger partial charge on any atom is -0.388 e. The molecular formula is C12H22O4S. The smallest absolute Gasteiger partial charge is 0.164 e. The lowest BCUT2D eigenvalue weighted by Gasteiger charge is -2.39. The van der Waals surface area contributed by atoms with Gasteiger partial charge in [-0.2, -0.15) is 0 Å². The molecule has 0 aromatic carbocycles. The highest BCUT2D eigenvalue weighted by molar-refractivity contribution is 8.00. The predicted molar refractivity (Wildman–Crippen MR) is 66.9 cm³/mol. The molecule has 5 atom stereocenters. The molecule has 2 fully saturated rings. The molecule has 2 aliphatic heterocycles. The average molecular weight is 262 g/mol. The molecule has 2 saturated heterocycles. The molecule has 0 saturated carbocycles. The Bertz CT molecular complexity index is 282. The summed E-state index contributed by atoms with van der Waals surface area (Å²) in [7, 11) is 0. The first-order chi connectivity index (χ1) is 7.80. The van der Waals surface area contributed by atoms with E-state index in [0.717, 1.165) is 0 Å². The van der Waals surface area contributed by atoms with Gasteiger partial charge in [0.25, 0.3) is 0 Å². The molecule has 5 heteroatoms. The van der Waals surface area contributed by atoms with Gasteiger partial charge in [0, 0.05) is 5.25 Å². The quantitative estimate of drug-likeness (QED) is 0.821. The predicted octanol–water partition coefficient (Wildman–Crippen LogP) is 1.75. The third-order valence-corrected chi connectivity index (χ3v) is 4.20. The standard InChI is InChI=1S/C12H22O4S/c1-6(2)17-11-10-9(8(13)7(3)14-11)15-12(4,5)16-10/h6-11,13H,1-5H3/t7-,8-,9+,10+,11+/m0/s1. The first kappa shape index (κ1) is 13.6. The Labute approximate surface area is 107 Å². The fraction of sp³-hybridized carbons (Fsp3) is 1.00. The molecule has 0 aromatic heterocycles. The Balaban J connectivity index is 2.14. The summed E-state index contributed by atoms with van der Waals surface area (Å²) in [5, 5.41) is 10.5. The van der Waals surface area contributed by atoms with Crippen LogP contribution in [0.3, 0.4) is 0 Å². The summed E-state index contributed by atoms with van der Waals surface area (Å²) >= 11 is 1.72. The zero-order chi connectivity index (χ0) is 12.8. The normalized spacial score (nSPS) is 45.0. The maximum Gasteiger partial charge on any atom is 0.164 e. The van der Waals surface area contributed by atoms with E-state index in [9.17, 15) is 5.11 Å². The highest BCUT2D eigenvalue weighted by Gasteiger charge is 2.53. The molecule has 0 unspecified atom stereocenters. The van der Waals surface area contributed by atoms with Gasteiger partial charge in [-0.25, -0.2) is 0 Å². The van der Waals surface area contributed by atoms with E-state index in [0.29, 0.717) is 5.25 Å². The SMILES string of the molecule is CC(C)S[C@H]1O[C@@H](C)[C@H](O)[C@H]2OC(C)(C)O[C@H]21. The lowest BCUT2D eigenvalue weighted by Crippen LogP contribution is -2.54. The van der Waals surface area contributed by atoms with Crippen molar-refractivity contribution in [1.29, 1.82) is 0 Å². The van der Waals surface area contributed by atoms with E-state index in [-0.39, 0.29) is 23.7 Å². The summed E-state index contributed by atoms with van der Waals surface area (Å²) in [5.41, 5.74) is -0.0693. The van der Waals surface area contributed by atoms with Gasteiger partial charge in [0.05, 0.1) is 6.10 Å². The molecule has 0 bridgehead atoms. The van der Waals surface area contributed by atoms with Crippen LogP contribution in [0.15, 0.2) is 0 Å². The van der Waals surface area contributed by atoms with Crippen molar-refractivity contribution in [1.82, 2.24) is 0 Å². The van der Waals surface area contributed by atoms with Gasteiger partial charge < -0.3 is 19.3 Å². The summed E-state index contributed by atoms with van der Waals surface area (Å²) in [6, 6.07) is 0. The van der Waals surface area contributed by atoms with E-state index < -0.39 is 11.9 Å². The first-order valence-electron chi connectivity index (χ1n) is 6.15. The zero-order valence-electron chi connectivity index (χ0n) is 11.0. The van der Waals surface area contributed by atoms with Crippen LogP contribution >= 0.6 is 11.8 Å². The van der Waals surface area contributed by atoms with E-state index in [1.54, 1.807) is 11.8 Å². The molecule has 1 N–H and O–H groups in total. The van der Waals surface area contributed by atoms with Gasteiger partial charge in [-0.1, -0.05) is 13.8 Å². The third kappa shape index (κ3) is 2.79. The van der Waals surface area contributed by atoms with Gasteiger partial charge in [-0.3, -0.25) is 0 Å². The van der Waals surface area contributed by atoms with E-state index in [4.69, 9.17) is 14.2 Å². The Hall–Kier alpha value is 0.190. The maximum atomic E-state index is 10.1. The van der Waals surface area contributed by atoms with Crippen LogP contribution in [0.4, 0.5) is 0 Å². The van der Waals surface area contributed by atoms with Gasteiger partial charge >= 0.3 is 0 Å². The molecule has 4 nitrogen and oxygen atoms in total. The van der Waals surface area contributed by atoms with Crippen LogP contribution in [0.5, 0.6) is 0 Å². The summed E-state index contributed by atoms with van der Waals surface area (Å²) in [5.74, 6) is -0.639. The van der Waals surface area contributed by atoms with Crippen molar-refractivity contribution < 1.29 is 19.3 Å². The second-order valence-corrected chi connectivity index (χ2v) is 7.13. The van der Waals surface area contributed by atoms with Crippen LogP contribution in [0.2, 0.25) is 0 Å². The molecule has 0 spiro atoms. The summed E-state index contributed by atoms with van der Waals surface area (Å²) in [6.45, 7) is 9.88. The van der Waals surface area contributed by atoms with Crippen molar-refractivity contribution in [3.63, 3.8) is 0 Å². The van der Waals surface area contributed by atoms with Gasteiger partial charge in [0.15, 0.2) is 5.79 Å². The number of aliphatic hydroxyl groups is 1. The summed E-state index contributed by atoms with van der Waals surface area (Å²) in [4.78, 5) is 0. The van der Waals surface area contributed by atoms with Crippen LogP contribution in [0.25, 0.3) is 0 Å². The Morgan fingerprint density at radius 3 is 2.35 bits per heavy atom. The number of hydrogen-bond acceptors (Lipinski definition) is 5. The first-order valence-corrected chi connectivity index (χ1v) is 7.09. The number of thioether (sulfide) groups is 1. The molecular weight excluding hydrogens is 240 g/mol. The lowest BCUT2D eigenvalue weighted by molar-refractivity contribution is -0.159. The van der Waals surface area contributed by atoms with Crippen molar-refractivity contribution in [3.8, 4) is 0 Å². The zero-order valence-corrected chi connectivity index (χ0v) is 11.9. The number of ether oxygens (including phenoxy) is 3. The number of aliphatic hydroxyl groups excluding tert-OH is 1. The molecule has 0 radical (unpaired) electrons. The van der Waals surface area contributed by atoms with E-state index in [1.807, 2.05) is 20.8 Å². The van der Waals surface area contributed by atoms with Crippen molar-refractivity contribution in [3.05, 3.63) is 0 Å². The second kappa shape index (κ2) is 4.70. The second-order valence-electron chi connectivity index (χ2n) is 5.45. The molecule has 2 aliphatic rings. The third-order valence-electron chi connectivity index (χ3n) is 3.00. The van der Waals surface area contributed by atoms with Crippen molar-refractivity contribution in [2.45, 2.75) is 75.5 Å². The molecule has 2 heterocycles. The largest absolute Gasteiger partial charge is 0.388 e. The maximum absolute atomic E-state index is 10.1. The molecule has 17 heavy (non-hydrogen) atoms. The van der Waals surface area contributed by atoms with Crippen molar-refractivity contribution >= 4 is 11.8 Å². The molecule has 100 valence electrons. The minimum atomic E-state index is -0.639. The Morgan fingerprint density at radius 2 is 1.76 bits per heavy atom. The number of rotatable bonds is 2. The van der Waals surface area contributed by atoms with Crippen LogP contribution < -0.4 is 0 Å². The average Bonchev–Trinajstić information content (AvgIpc) is 2.50. The van der Waals surface area contributed by atoms with Crippen molar-refractivity contribution in [2.75, 3.05) is 0 Å².